The maximum Gasteiger partial charge on any atom is 0.411 e. The maximum absolute atomic E-state index is 11.9. The number of hydrogen-bond donors (Lipinski definition) is 1. The van der Waals surface area contributed by atoms with E-state index < -0.39 is 29.4 Å². The van der Waals surface area contributed by atoms with Gasteiger partial charge in [-0.15, -0.1) is 0 Å². The molecule has 2 aliphatic rings. The number of carboxylic acid groups (broad SMARTS) is 1. The zero-order valence-corrected chi connectivity index (χ0v) is 10.7. The number of nitrogens with zero attached hydrogens (tertiary/aromatic N) is 3. The summed E-state index contributed by atoms with van der Waals surface area (Å²) in [7, 11) is 0. The number of carboxylic acids is 1. The van der Waals surface area contributed by atoms with Gasteiger partial charge in [-0.1, -0.05) is 0 Å². The van der Waals surface area contributed by atoms with Crippen LogP contribution in [0.15, 0.2) is 10.2 Å². The van der Waals surface area contributed by atoms with E-state index in [1.807, 2.05) is 0 Å². The van der Waals surface area contributed by atoms with E-state index in [1.165, 1.54) is 4.90 Å². The molecule has 1 saturated heterocycles. The van der Waals surface area contributed by atoms with Crippen molar-refractivity contribution in [2.75, 3.05) is 6.54 Å². The van der Waals surface area contributed by atoms with Gasteiger partial charge in [0.15, 0.2) is 5.66 Å². The Morgan fingerprint density at radius 1 is 1.39 bits per heavy atom. The Labute approximate surface area is 105 Å². The van der Waals surface area contributed by atoms with Crippen LogP contribution in [-0.2, 0) is 9.53 Å². The van der Waals surface area contributed by atoms with Gasteiger partial charge in [0.05, 0.1) is 0 Å². The van der Waals surface area contributed by atoms with Crippen LogP contribution >= 0.6 is 0 Å². The first-order valence-corrected chi connectivity index (χ1v) is 5.89. The number of aliphatic carboxylic acids is 1. The first-order valence-electron chi connectivity index (χ1n) is 5.89. The van der Waals surface area contributed by atoms with E-state index in [-0.39, 0.29) is 6.42 Å². The fourth-order valence-corrected chi connectivity index (χ4v) is 1.99. The average Bonchev–Trinajstić information content (AvgIpc) is 2.94. The molecule has 0 unspecified atom stereocenters. The average molecular weight is 255 g/mol. The molecule has 1 atom stereocenters. The molecule has 2 aliphatic heterocycles. The van der Waals surface area contributed by atoms with Crippen LogP contribution in [0.2, 0.25) is 0 Å². The Bertz CT molecular complexity index is 407. The van der Waals surface area contributed by atoms with Gasteiger partial charge in [0.2, 0.25) is 0 Å². The summed E-state index contributed by atoms with van der Waals surface area (Å²) in [6.07, 6.45) is 0.211. The van der Waals surface area contributed by atoms with Gasteiger partial charge >= 0.3 is 12.1 Å². The molecule has 1 fully saturated rings. The van der Waals surface area contributed by atoms with Crippen LogP contribution in [0.25, 0.3) is 0 Å². The fraction of sp³-hybridized carbons (Fsp3) is 0.818. The van der Waals surface area contributed by atoms with Gasteiger partial charge in [0.25, 0.3) is 0 Å². The molecule has 2 heterocycles. The van der Waals surface area contributed by atoms with Crippen molar-refractivity contribution < 1.29 is 19.4 Å². The highest BCUT2D eigenvalue weighted by atomic mass is 16.6. The van der Waals surface area contributed by atoms with E-state index in [9.17, 15) is 14.7 Å². The number of carbonyl (C=O) groups is 2. The highest BCUT2D eigenvalue weighted by Gasteiger charge is 2.51. The lowest BCUT2D eigenvalue weighted by molar-refractivity contribution is -0.145. The van der Waals surface area contributed by atoms with Crippen molar-refractivity contribution in [1.82, 2.24) is 4.90 Å². The van der Waals surface area contributed by atoms with Crippen LogP contribution in [0.1, 0.15) is 33.6 Å². The number of carbonyl (C=O) groups excluding carboxylic acids is 1. The Kier molecular flexibility index (Phi) is 2.79. The predicted octanol–water partition coefficient (Wildman–Crippen LogP) is 1.63. The number of piperidine rings is 1. The van der Waals surface area contributed by atoms with Gasteiger partial charge in [-0.3, -0.25) is 4.90 Å². The minimum absolute atomic E-state index is 0.238. The molecule has 7 nitrogen and oxygen atoms in total. The van der Waals surface area contributed by atoms with Gasteiger partial charge in [-0.05, 0) is 20.8 Å². The lowest BCUT2D eigenvalue weighted by Crippen LogP contribution is -2.53. The van der Waals surface area contributed by atoms with E-state index in [0.717, 1.165) is 0 Å². The largest absolute Gasteiger partial charge is 0.480 e. The number of ether oxygens (including phenoxy) is 1. The molecule has 0 aromatic carbocycles. The minimum Gasteiger partial charge on any atom is -0.480 e. The maximum atomic E-state index is 11.9. The number of hydrogen-bond acceptors (Lipinski definition) is 5. The molecule has 18 heavy (non-hydrogen) atoms. The standard InChI is InChI=1S/C11H17N3O4/c1-10(2,3)18-9(17)14-5-4-11(12-13-11)6-7(14)8(15)16/h7H,4-6H2,1-3H3,(H,15,16)/t7-/m0/s1. The molecule has 0 radical (unpaired) electrons. The molecule has 0 bridgehead atoms. The summed E-state index contributed by atoms with van der Waals surface area (Å²) >= 11 is 0. The molecule has 7 heteroatoms. The van der Waals surface area contributed by atoms with Crippen LogP contribution in [0.3, 0.4) is 0 Å². The molecule has 1 spiro atoms. The summed E-state index contributed by atoms with van der Waals surface area (Å²) in [5, 5.41) is 16.9. The van der Waals surface area contributed by atoms with Crippen LogP contribution in [0.4, 0.5) is 4.79 Å². The highest BCUT2D eigenvalue weighted by molar-refractivity contribution is 5.80. The monoisotopic (exact) mass is 255 g/mol. The second-order valence-electron chi connectivity index (χ2n) is 5.66. The normalized spacial score (nSPS) is 25.1. The Hall–Kier alpha value is -1.66. The first kappa shape index (κ1) is 12.8. The molecular weight excluding hydrogens is 238 g/mol. The second-order valence-corrected chi connectivity index (χ2v) is 5.66. The smallest absolute Gasteiger partial charge is 0.411 e. The molecule has 100 valence electrons. The number of rotatable bonds is 1. The minimum atomic E-state index is -1.04. The molecule has 0 aromatic heterocycles. The van der Waals surface area contributed by atoms with Gasteiger partial charge in [0.1, 0.15) is 11.6 Å². The molecule has 1 N–H and O–H groups in total. The van der Waals surface area contributed by atoms with E-state index in [2.05, 4.69) is 10.2 Å². The number of likely N-dealkylation sites (tertiary alicyclic amines) is 1. The highest BCUT2D eigenvalue weighted by Crippen LogP contribution is 2.41. The zero-order chi connectivity index (χ0) is 13.6. The second kappa shape index (κ2) is 3.93. The Balaban J connectivity index is 2.06. The van der Waals surface area contributed by atoms with Crippen molar-refractivity contribution in [3.05, 3.63) is 0 Å². The van der Waals surface area contributed by atoms with Crippen molar-refractivity contribution in [3.8, 4) is 0 Å². The van der Waals surface area contributed by atoms with Gasteiger partial charge < -0.3 is 9.84 Å². The van der Waals surface area contributed by atoms with Crippen LogP contribution < -0.4 is 0 Å². The molecule has 1 amide bonds. The van der Waals surface area contributed by atoms with Crippen LogP contribution in [-0.4, -0.2) is 45.9 Å². The molecule has 2 rings (SSSR count). The van der Waals surface area contributed by atoms with Crippen LogP contribution in [0.5, 0.6) is 0 Å². The Morgan fingerprint density at radius 3 is 2.44 bits per heavy atom. The van der Waals surface area contributed by atoms with Gasteiger partial charge in [-0.2, -0.15) is 10.2 Å². The van der Waals surface area contributed by atoms with E-state index in [0.29, 0.717) is 13.0 Å². The predicted molar refractivity (Wildman–Crippen MR) is 61.2 cm³/mol. The van der Waals surface area contributed by atoms with Crippen molar-refractivity contribution in [1.29, 1.82) is 0 Å². The molecule has 0 aliphatic carbocycles. The summed E-state index contributed by atoms with van der Waals surface area (Å²) in [6.45, 7) is 5.55. The zero-order valence-electron chi connectivity index (χ0n) is 10.7. The summed E-state index contributed by atoms with van der Waals surface area (Å²) < 4.78 is 5.21. The topological polar surface area (TPSA) is 91.6 Å². The van der Waals surface area contributed by atoms with Crippen LogP contribution in [0, 0.1) is 0 Å². The van der Waals surface area contributed by atoms with Crippen molar-refractivity contribution in [2.24, 2.45) is 10.2 Å². The lowest BCUT2D eigenvalue weighted by atomic mass is 9.94. The first-order chi connectivity index (χ1) is 8.22. The van der Waals surface area contributed by atoms with E-state index in [1.54, 1.807) is 20.8 Å². The van der Waals surface area contributed by atoms with Crippen molar-refractivity contribution in [3.63, 3.8) is 0 Å². The third kappa shape index (κ3) is 2.60. The van der Waals surface area contributed by atoms with Crippen molar-refractivity contribution >= 4 is 12.1 Å². The summed E-state index contributed by atoms with van der Waals surface area (Å²) in [4.78, 5) is 24.4. The summed E-state index contributed by atoms with van der Waals surface area (Å²) in [5.74, 6) is -1.04. The summed E-state index contributed by atoms with van der Waals surface area (Å²) in [6, 6.07) is -0.913. The quantitative estimate of drug-likeness (QED) is 0.770. The van der Waals surface area contributed by atoms with E-state index in [4.69, 9.17) is 4.74 Å². The third-order valence-corrected chi connectivity index (χ3v) is 2.95. The molecule has 0 aromatic rings. The Morgan fingerprint density at radius 2 is 2.00 bits per heavy atom. The molecule has 0 saturated carbocycles. The van der Waals surface area contributed by atoms with Gasteiger partial charge in [0, 0.05) is 19.4 Å². The molecular formula is C11H17N3O4. The lowest BCUT2D eigenvalue weighted by Gasteiger charge is -2.36. The van der Waals surface area contributed by atoms with E-state index >= 15 is 0 Å². The van der Waals surface area contributed by atoms with Gasteiger partial charge in [-0.25, -0.2) is 9.59 Å². The third-order valence-electron chi connectivity index (χ3n) is 2.95. The number of amides is 1. The summed E-state index contributed by atoms with van der Waals surface area (Å²) in [5.41, 5.74) is -1.19. The van der Waals surface area contributed by atoms with Crippen molar-refractivity contribution in [2.45, 2.75) is 50.9 Å². The SMILES string of the molecule is CC(C)(C)OC(=O)N1CCC2(C[C@H]1C(=O)O)N=N2. The fourth-order valence-electron chi connectivity index (χ4n) is 1.99.